The van der Waals surface area contributed by atoms with Gasteiger partial charge in [-0.3, -0.25) is 0 Å². The zero-order valence-corrected chi connectivity index (χ0v) is 9.00. The van der Waals surface area contributed by atoms with Crippen LogP contribution < -0.4 is 0 Å². The van der Waals surface area contributed by atoms with Gasteiger partial charge in [0.15, 0.2) is 0 Å². The van der Waals surface area contributed by atoms with Crippen LogP contribution in [0.4, 0.5) is 0 Å². The summed E-state index contributed by atoms with van der Waals surface area (Å²) in [6.07, 6.45) is 4.72. The van der Waals surface area contributed by atoms with Gasteiger partial charge < -0.3 is 5.11 Å². The molecule has 0 aliphatic carbocycles. The number of aliphatic hydroxyl groups is 1. The van der Waals surface area contributed by atoms with Crippen LogP contribution in [0.5, 0.6) is 0 Å². The zero-order valence-electron chi connectivity index (χ0n) is 7.41. The fraction of sp³-hybridized carbons (Fsp3) is 0.273. The average molecular weight is 241 g/mol. The third-order valence-corrected chi connectivity index (χ3v) is 2.39. The molecule has 1 aromatic carbocycles. The summed E-state index contributed by atoms with van der Waals surface area (Å²) in [5.41, 5.74) is 2.46. The molecule has 0 saturated heterocycles. The highest BCUT2D eigenvalue weighted by Gasteiger charge is 1.88. The van der Waals surface area contributed by atoms with Crippen LogP contribution in [-0.4, -0.2) is 11.7 Å². The second kappa shape index (κ2) is 5.95. The third-order valence-electron chi connectivity index (χ3n) is 1.74. The van der Waals surface area contributed by atoms with Crippen molar-refractivity contribution in [1.82, 2.24) is 0 Å². The lowest BCUT2D eigenvalue weighted by atomic mass is 10.1. The Balaban J connectivity index is 2.58. The molecule has 0 heterocycles. The molecule has 0 atom stereocenters. The van der Waals surface area contributed by atoms with Gasteiger partial charge >= 0.3 is 0 Å². The molecule has 0 spiro atoms. The molecule has 1 N–H and O–H groups in total. The molecule has 1 nitrogen and oxygen atoms in total. The van der Waals surface area contributed by atoms with Gasteiger partial charge in [0, 0.05) is 11.9 Å². The lowest BCUT2D eigenvalue weighted by Crippen LogP contribution is -1.78. The van der Waals surface area contributed by atoms with Gasteiger partial charge in [0.25, 0.3) is 0 Å². The molecule has 0 fully saturated rings. The number of aliphatic hydroxyl groups excluding tert-OH is 1. The Kier molecular flexibility index (Phi) is 4.79. The number of hydrogen-bond acceptors (Lipinski definition) is 1. The molecule has 0 aromatic heterocycles. The third kappa shape index (κ3) is 3.75. The molecular weight excluding hydrogens is 228 g/mol. The predicted molar refractivity (Wildman–Crippen MR) is 59.8 cm³/mol. The second-order valence-corrected chi connectivity index (χ2v) is 3.35. The lowest BCUT2D eigenvalue weighted by molar-refractivity contribution is 0.303. The molecule has 0 bridgehead atoms. The van der Waals surface area contributed by atoms with Crippen LogP contribution >= 0.6 is 15.9 Å². The molecule has 0 aliphatic rings. The first kappa shape index (κ1) is 10.5. The van der Waals surface area contributed by atoms with Gasteiger partial charge in [0.2, 0.25) is 0 Å². The maximum absolute atomic E-state index is 8.57. The van der Waals surface area contributed by atoms with E-state index < -0.39 is 0 Å². The quantitative estimate of drug-likeness (QED) is 0.803. The van der Waals surface area contributed by atoms with Crippen molar-refractivity contribution in [3.63, 3.8) is 0 Å². The predicted octanol–water partition coefficient (Wildman–Crippen LogP) is 2.98. The second-order valence-electron chi connectivity index (χ2n) is 2.79. The first-order valence-electron chi connectivity index (χ1n) is 4.29. The topological polar surface area (TPSA) is 20.2 Å². The van der Waals surface area contributed by atoms with Gasteiger partial charge in [-0.05, 0) is 17.5 Å². The van der Waals surface area contributed by atoms with E-state index in [4.69, 9.17) is 5.11 Å². The number of halogens is 1. The Bertz CT molecular complexity index is 264. The molecule has 70 valence electrons. The van der Waals surface area contributed by atoms with E-state index in [1.54, 1.807) is 0 Å². The van der Waals surface area contributed by atoms with E-state index in [1.807, 2.05) is 12.2 Å². The van der Waals surface area contributed by atoms with E-state index in [9.17, 15) is 0 Å². The van der Waals surface area contributed by atoms with Crippen molar-refractivity contribution in [2.75, 3.05) is 6.61 Å². The van der Waals surface area contributed by atoms with Gasteiger partial charge in [0.1, 0.15) is 0 Å². The summed E-state index contributed by atoms with van der Waals surface area (Å²) < 4.78 is 0. The fourth-order valence-electron chi connectivity index (χ4n) is 1.01. The lowest BCUT2D eigenvalue weighted by Gasteiger charge is -1.96. The highest BCUT2D eigenvalue weighted by atomic mass is 79.9. The maximum Gasteiger partial charge on any atom is 0.0465 e. The summed E-state index contributed by atoms with van der Waals surface area (Å²) in [7, 11) is 0. The van der Waals surface area contributed by atoms with E-state index in [1.165, 1.54) is 11.1 Å². The molecule has 1 rings (SSSR count). The monoisotopic (exact) mass is 240 g/mol. The number of benzene rings is 1. The van der Waals surface area contributed by atoms with Gasteiger partial charge in [-0.2, -0.15) is 0 Å². The van der Waals surface area contributed by atoms with E-state index in [-0.39, 0.29) is 6.61 Å². The highest BCUT2D eigenvalue weighted by Crippen LogP contribution is 2.09. The summed E-state index contributed by atoms with van der Waals surface area (Å²) in [5, 5.41) is 9.47. The normalized spacial score (nSPS) is 10.9. The summed E-state index contributed by atoms with van der Waals surface area (Å²) in [5.74, 6) is 0. The number of rotatable bonds is 4. The van der Waals surface area contributed by atoms with Gasteiger partial charge in [-0.15, -0.1) is 0 Å². The Morgan fingerprint density at radius 1 is 1.23 bits per heavy atom. The van der Waals surface area contributed by atoms with Crippen molar-refractivity contribution in [3.8, 4) is 0 Å². The zero-order chi connectivity index (χ0) is 9.52. The van der Waals surface area contributed by atoms with Crippen molar-refractivity contribution < 1.29 is 5.11 Å². The molecule has 2 heteroatoms. The van der Waals surface area contributed by atoms with Gasteiger partial charge in [0.05, 0.1) is 0 Å². The van der Waals surface area contributed by atoms with Crippen molar-refractivity contribution in [1.29, 1.82) is 0 Å². The smallest absolute Gasteiger partial charge is 0.0465 e. The van der Waals surface area contributed by atoms with Crippen LogP contribution in [0.1, 0.15) is 17.5 Å². The van der Waals surface area contributed by atoms with E-state index in [0.717, 1.165) is 11.8 Å². The Morgan fingerprint density at radius 3 is 2.46 bits per heavy atom. The van der Waals surface area contributed by atoms with Crippen LogP contribution in [0.3, 0.4) is 0 Å². The molecular formula is C11H13BrO. The van der Waals surface area contributed by atoms with Crippen molar-refractivity contribution in [3.05, 3.63) is 41.5 Å². The van der Waals surface area contributed by atoms with E-state index >= 15 is 0 Å². The summed E-state index contributed by atoms with van der Waals surface area (Å²) >= 11 is 3.39. The SMILES string of the molecule is OCCC=Cc1ccc(CBr)cc1. The summed E-state index contributed by atoms with van der Waals surface area (Å²) in [4.78, 5) is 0. The minimum absolute atomic E-state index is 0.218. The first-order valence-corrected chi connectivity index (χ1v) is 5.41. The van der Waals surface area contributed by atoms with Crippen molar-refractivity contribution >= 4 is 22.0 Å². The molecule has 13 heavy (non-hydrogen) atoms. The minimum Gasteiger partial charge on any atom is -0.396 e. The molecule has 0 unspecified atom stereocenters. The Morgan fingerprint density at radius 2 is 1.92 bits per heavy atom. The average Bonchev–Trinajstić information content (AvgIpc) is 2.19. The van der Waals surface area contributed by atoms with Gasteiger partial charge in [-0.1, -0.05) is 52.3 Å². The maximum atomic E-state index is 8.57. The molecule has 0 amide bonds. The van der Waals surface area contributed by atoms with E-state index in [0.29, 0.717) is 0 Å². The van der Waals surface area contributed by atoms with Crippen LogP contribution in [0.25, 0.3) is 6.08 Å². The fourth-order valence-corrected chi connectivity index (χ4v) is 1.39. The van der Waals surface area contributed by atoms with Crippen LogP contribution in [0, 0.1) is 0 Å². The molecule has 0 saturated carbocycles. The van der Waals surface area contributed by atoms with Crippen molar-refractivity contribution in [2.24, 2.45) is 0 Å². The van der Waals surface area contributed by atoms with Crippen molar-refractivity contribution in [2.45, 2.75) is 11.8 Å². The largest absolute Gasteiger partial charge is 0.396 e. The van der Waals surface area contributed by atoms with E-state index in [2.05, 4.69) is 40.2 Å². The Hall–Kier alpha value is -0.600. The first-order chi connectivity index (χ1) is 6.36. The Labute approximate surface area is 87.2 Å². The molecule has 1 aromatic rings. The summed E-state index contributed by atoms with van der Waals surface area (Å²) in [6.45, 7) is 0.218. The van der Waals surface area contributed by atoms with Crippen LogP contribution in [0.2, 0.25) is 0 Å². The highest BCUT2D eigenvalue weighted by molar-refractivity contribution is 9.08. The molecule has 0 radical (unpaired) electrons. The minimum atomic E-state index is 0.218. The van der Waals surface area contributed by atoms with Crippen LogP contribution in [0.15, 0.2) is 30.3 Å². The van der Waals surface area contributed by atoms with Crippen LogP contribution in [-0.2, 0) is 5.33 Å². The summed E-state index contributed by atoms with van der Waals surface area (Å²) in [6, 6.07) is 8.33. The van der Waals surface area contributed by atoms with Gasteiger partial charge in [-0.25, -0.2) is 0 Å². The number of hydrogen-bond donors (Lipinski definition) is 1. The standard InChI is InChI=1S/C11H13BrO/c12-9-11-6-4-10(5-7-11)3-1-2-8-13/h1,3-7,13H,2,8-9H2. The number of alkyl halides is 1. The molecule has 0 aliphatic heterocycles.